The maximum Gasteiger partial charge on any atom is 0.251 e. The molecular weight excluding hydrogens is 464 g/mol. The number of methoxy groups -OCH3 is 2. The van der Waals surface area contributed by atoms with Gasteiger partial charge >= 0.3 is 0 Å². The van der Waals surface area contributed by atoms with Gasteiger partial charge in [-0.15, -0.1) is 10.2 Å². The molecule has 4 rings (SSSR count). The van der Waals surface area contributed by atoms with Crippen LogP contribution in [0, 0.1) is 0 Å². The third-order valence-electron chi connectivity index (χ3n) is 5.25. The Labute approximate surface area is 206 Å². The Kier molecular flexibility index (Phi) is 7.69. The molecular formula is C26H24N4O4S. The summed E-state index contributed by atoms with van der Waals surface area (Å²) >= 11 is 1.25. The monoisotopic (exact) mass is 488 g/mol. The zero-order chi connectivity index (χ0) is 24.6. The maximum absolute atomic E-state index is 13.2. The minimum absolute atomic E-state index is 0.318. The van der Waals surface area contributed by atoms with Gasteiger partial charge in [0.05, 0.1) is 14.2 Å². The number of benzene rings is 3. The Morgan fingerprint density at radius 2 is 1.49 bits per heavy atom. The van der Waals surface area contributed by atoms with Crippen molar-refractivity contribution in [2.75, 3.05) is 19.5 Å². The Morgan fingerprint density at radius 3 is 2.11 bits per heavy atom. The molecule has 1 heterocycles. The van der Waals surface area contributed by atoms with E-state index >= 15 is 0 Å². The Balaban J connectivity index is 1.49. The minimum atomic E-state index is -0.819. The molecule has 0 aliphatic heterocycles. The molecule has 9 heteroatoms. The summed E-state index contributed by atoms with van der Waals surface area (Å²) in [6, 6.07) is 22.8. The van der Waals surface area contributed by atoms with Crippen LogP contribution < -0.4 is 20.1 Å². The van der Waals surface area contributed by atoms with Crippen molar-refractivity contribution in [3.63, 3.8) is 0 Å². The Morgan fingerprint density at radius 1 is 0.857 bits per heavy atom. The van der Waals surface area contributed by atoms with Crippen molar-refractivity contribution in [1.82, 2.24) is 15.5 Å². The Hall–Kier alpha value is -4.24. The maximum atomic E-state index is 13.2. The quantitative estimate of drug-likeness (QED) is 0.366. The van der Waals surface area contributed by atoms with E-state index in [1.807, 2.05) is 54.6 Å². The molecule has 8 nitrogen and oxygen atoms in total. The van der Waals surface area contributed by atoms with Gasteiger partial charge in [0.1, 0.15) is 22.5 Å². The molecule has 0 saturated heterocycles. The SMILES string of the molecule is COc1ccc(C(=O)NC(Cc2ccccc2)C(=O)Nc2nnc(-c3ccc(OC)cc3)s2)cc1. The number of carbonyl (C=O) groups is 2. The fraction of sp³-hybridized carbons (Fsp3) is 0.154. The van der Waals surface area contributed by atoms with Crippen LogP contribution in [0.3, 0.4) is 0 Å². The summed E-state index contributed by atoms with van der Waals surface area (Å²) in [5.41, 5.74) is 2.20. The summed E-state index contributed by atoms with van der Waals surface area (Å²) in [5.74, 6) is 0.639. The average Bonchev–Trinajstić information content (AvgIpc) is 3.37. The smallest absolute Gasteiger partial charge is 0.251 e. The highest BCUT2D eigenvalue weighted by Gasteiger charge is 2.23. The number of hydrogen-bond acceptors (Lipinski definition) is 7. The third-order valence-corrected chi connectivity index (χ3v) is 6.14. The van der Waals surface area contributed by atoms with Crippen LogP contribution in [0.2, 0.25) is 0 Å². The molecule has 0 saturated carbocycles. The fourth-order valence-electron chi connectivity index (χ4n) is 3.36. The standard InChI is InChI=1S/C26H24N4O4S/c1-33-20-12-8-18(9-13-20)23(31)27-22(16-17-6-4-3-5-7-17)24(32)28-26-30-29-25(35-26)19-10-14-21(34-2)15-11-19/h3-15,22H,16H2,1-2H3,(H,27,31)(H,28,30,32). The van der Waals surface area contributed by atoms with E-state index in [2.05, 4.69) is 20.8 Å². The first-order valence-electron chi connectivity index (χ1n) is 10.8. The van der Waals surface area contributed by atoms with Crippen LogP contribution >= 0.6 is 11.3 Å². The first-order valence-corrected chi connectivity index (χ1v) is 11.6. The lowest BCUT2D eigenvalue weighted by molar-refractivity contribution is -0.118. The molecule has 1 unspecified atom stereocenters. The highest BCUT2D eigenvalue weighted by molar-refractivity contribution is 7.18. The van der Waals surface area contributed by atoms with Crippen LogP contribution in [-0.4, -0.2) is 42.3 Å². The van der Waals surface area contributed by atoms with E-state index in [9.17, 15) is 9.59 Å². The van der Waals surface area contributed by atoms with Gasteiger partial charge in [-0.1, -0.05) is 41.7 Å². The summed E-state index contributed by atoms with van der Waals surface area (Å²) in [6.07, 6.45) is 0.318. The van der Waals surface area contributed by atoms with Gasteiger partial charge in [-0.25, -0.2) is 0 Å². The number of nitrogens with one attached hydrogen (secondary N) is 2. The summed E-state index contributed by atoms with van der Waals surface area (Å²) in [6.45, 7) is 0. The van der Waals surface area contributed by atoms with Gasteiger partial charge in [0, 0.05) is 17.5 Å². The van der Waals surface area contributed by atoms with Gasteiger partial charge in [0.15, 0.2) is 0 Å². The van der Waals surface area contributed by atoms with Crippen molar-refractivity contribution in [3.05, 3.63) is 90.0 Å². The third kappa shape index (κ3) is 6.21. The van der Waals surface area contributed by atoms with E-state index in [-0.39, 0.29) is 11.8 Å². The number of rotatable bonds is 9. The number of hydrogen-bond donors (Lipinski definition) is 2. The molecule has 3 aromatic carbocycles. The minimum Gasteiger partial charge on any atom is -0.497 e. The molecule has 35 heavy (non-hydrogen) atoms. The summed E-state index contributed by atoms with van der Waals surface area (Å²) in [7, 11) is 3.16. The largest absolute Gasteiger partial charge is 0.497 e. The van der Waals surface area contributed by atoms with Crippen molar-refractivity contribution >= 4 is 28.3 Å². The van der Waals surface area contributed by atoms with Crippen LogP contribution in [0.4, 0.5) is 5.13 Å². The van der Waals surface area contributed by atoms with Crippen LogP contribution in [0.25, 0.3) is 10.6 Å². The second-order valence-electron chi connectivity index (χ2n) is 7.57. The van der Waals surface area contributed by atoms with Gasteiger partial charge in [-0.2, -0.15) is 0 Å². The molecule has 0 bridgehead atoms. The molecule has 2 N–H and O–H groups in total. The molecule has 4 aromatic rings. The molecule has 1 atom stereocenters. The van der Waals surface area contributed by atoms with E-state index in [1.165, 1.54) is 11.3 Å². The molecule has 0 fully saturated rings. The Bertz CT molecular complexity index is 1270. The number of ether oxygens (including phenoxy) is 2. The lowest BCUT2D eigenvalue weighted by Gasteiger charge is -2.18. The number of anilines is 1. The molecule has 0 aliphatic rings. The second kappa shape index (κ2) is 11.3. The molecule has 0 radical (unpaired) electrons. The van der Waals surface area contributed by atoms with Crippen molar-refractivity contribution < 1.29 is 19.1 Å². The first-order chi connectivity index (χ1) is 17.1. The van der Waals surface area contributed by atoms with E-state index in [0.29, 0.717) is 27.9 Å². The van der Waals surface area contributed by atoms with Crippen LogP contribution in [-0.2, 0) is 11.2 Å². The zero-order valence-corrected chi connectivity index (χ0v) is 20.0. The number of amides is 2. The van der Waals surface area contributed by atoms with E-state index in [1.54, 1.807) is 38.5 Å². The van der Waals surface area contributed by atoms with Gasteiger partial charge in [0.25, 0.3) is 5.91 Å². The topological polar surface area (TPSA) is 102 Å². The zero-order valence-electron chi connectivity index (χ0n) is 19.2. The van der Waals surface area contributed by atoms with E-state index < -0.39 is 6.04 Å². The first kappa shape index (κ1) is 23.9. The van der Waals surface area contributed by atoms with Gasteiger partial charge in [-0.3, -0.25) is 14.9 Å². The highest BCUT2D eigenvalue weighted by Crippen LogP contribution is 2.28. The lowest BCUT2D eigenvalue weighted by Crippen LogP contribution is -2.45. The lowest BCUT2D eigenvalue weighted by atomic mass is 10.0. The second-order valence-corrected chi connectivity index (χ2v) is 8.55. The number of carbonyl (C=O) groups excluding carboxylic acids is 2. The van der Waals surface area contributed by atoms with Crippen LogP contribution in [0.1, 0.15) is 15.9 Å². The van der Waals surface area contributed by atoms with Gasteiger partial charge in [-0.05, 0) is 54.1 Å². The van der Waals surface area contributed by atoms with Crippen LogP contribution in [0.5, 0.6) is 11.5 Å². The molecule has 178 valence electrons. The highest BCUT2D eigenvalue weighted by atomic mass is 32.1. The van der Waals surface area contributed by atoms with Crippen LogP contribution in [0.15, 0.2) is 78.9 Å². The number of aromatic nitrogens is 2. The molecule has 0 aliphatic carbocycles. The van der Waals surface area contributed by atoms with Crippen molar-refractivity contribution in [1.29, 1.82) is 0 Å². The fourth-order valence-corrected chi connectivity index (χ4v) is 4.11. The van der Waals surface area contributed by atoms with Gasteiger partial charge < -0.3 is 14.8 Å². The number of nitrogens with zero attached hydrogens (tertiary/aromatic N) is 2. The van der Waals surface area contributed by atoms with E-state index in [4.69, 9.17) is 9.47 Å². The molecule has 2 amide bonds. The summed E-state index contributed by atoms with van der Waals surface area (Å²) < 4.78 is 10.3. The molecule has 0 spiro atoms. The predicted octanol–water partition coefficient (Wildman–Crippen LogP) is 4.20. The van der Waals surface area contributed by atoms with Crippen molar-refractivity contribution in [2.45, 2.75) is 12.5 Å². The normalized spacial score (nSPS) is 11.4. The van der Waals surface area contributed by atoms with Gasteiger partial charge in [0.2, 0.25) is 11.0 Å². The predicted molar refractivity (Wildman–Crippen MR) is 135 cm³/mol. The van der Waals surface area contributed by atoms with E-state index in [0.717, 1.165) is 16.9 Å². The summed E-state index contributed by atoms with van der Waals surface area (Å²) in [5, 5.41) is 14.9. The average molecular weight is 489 g/mol. The summed E-state index contributed by atoms with van der Waals surface area (Å²) in [4.78, 5) is 26.1. The van der Waals surface area contributed by atoms with Crippen molar-refractivity contribution in [3.8, 4) is 22.1 Å². The van der Waals surface area contributed by atoms with Crippen molar-refractivity contribution in [2.24, 2.45) is 0 Å². The molecule has 1 aromatic heterocycles.